The molecule has 3 atom stereocenters. The lowest BCUT2D eigenvalue weighted by Crippen LogP contribution is -2.25. The van der Waals surface area contributed by atoms with E-state index in [2.05, 4.69) is 0 Å². The molecule has 2 nitrogen and oxygen atoms in total. The maximum atomic E-state index is 9.84. The molecule has 0 fully saturated rings. The fraction of sp³-hybridized carbons (Fsp3) is 0.500. The van der Waals surface area contributed by atoms with Crippen molar-refractivity contribution < 1.29 is 10.2 Å². The van der Waals surface area contributed by atoms with Gasteiger partial charge in [0, 0.05) is 0 Å². The van der Waals surface area contributed by atoms with Gasteiger partial charge in [0.2, 0.25) is 0 Å². The third kappa shape index (κ3) is 2.56. The molecule has 0 aromatic heterocycles. The standard InChI is InChI=1S/C12H18O2/c1-3-9(2)11(13)12(14)10-7-5-4-6-8-10/h4-9,11-14H,3H2,1-2H3. The highest BCUT2D eigenvalue weighted by atomic mass is 16.3. The molecule has 0 saturated carbocycles. The predicted octanol–water partition coefficient (Wildman–Crippen LogP) is 2.13. The van der Waals surface area contributed by atoms with Gasteiger partial charge in [-0.15, -0.1) is 0 Å². The molecule has 0 heterocycles. The van der Waals surface area contributed by atoms with E-state index in [0.29, 0.717) is 0 Å². The van der Waals surface area contributed by atoms with E-state index in [9.17, 15) is 10.2 Å². The summed E-state index contributed by atoms with van der Waals surface area (Å²) in [4.78, 5) is 0. The number of aliphatic hydroxyl groups is 2. The fourth-order valence-corrected chi connectivity index (χ4v) is 1.40. The Balaban J connectivity index is 2.70. The van der Waals surface area contributed by atoms with E-state index in [1.807, 2.05) is 44.2 Å². The van der Waals surface area contributed by atoms with E-state index >= 15 is 0 Å². The number of rotatable bonds is 4. The molecule has 1 aromatic carbocycles. The van der Waals surface area contributed by atoms with Crippen molar-refractivity contribution in [1.82, 2.24) is 0 Å². The van der Waals surface area contributed by atoms with Crippen LogP contribution in [0.5, 0.6) is 0 Å². The van der Waals surface area contributed by atoms with Gasteiger partial charge in [-0.3, -0.25) is 0 Å². The molecule has 0 bridgehead atoms. The summed E-state index contributed by atoms with van der Waals surface area (Å²) in [6, 6.07) is 9.28. The Morgan fingerprint density at radius 1 is 1.14 bits per heavy atom. The van der Waals surface area contributed by atoms with Gasteiger partial charge in [-0.1, -0.05) is 50.6 Å². The van der Waals surface area contributed by atoms with Gasteiger partial charge in [-0.2, -0.15) is 0 Å². The first kappa shape index (κ1) is 11.2. The van der Waals surface area contributed by atoms with Gasteiger partial charge in [-0.05, 0) is 11.5 Å². The topological polar surface area (TPSA) is 40.5 Å². The highest BCUT2D eigenvalue weighted by Gasteiger charge is 2.22. The van der Waals surface area contributed by atoms with Crippen molar-refractivity contribution in [2.45, 2.75) is 32.5 Å². The van der Waals surface area contributed by atoms with Gasteiger partial charge in [0.1, 0.15) is 6.10 Å². The summed E-state index contributed by atoms with van der Waals surface area (Å²) in [5, 5.41) is 19.6. The minimum atomic E-state index is -0.772. The summed E-state index contributed by atoms with van der Waals surface area (Å²) in [6.07, 6.45) is -0.584. The van der Waals surface area contributed by atoms with Crippen LogP contribution in [0.1, 0.15) is 31.9 Å². The van der Waals surface area contributed by atoms with Gasteiger partial charge in [-0.25, -0.2) is 0 Å². The van der Waals surface area contributed by atoms with Crippen molar-refractivity contribution >= 4 is 0 Å². The van der Waals surface area contributed by atoms with Crippen LogP contribution < -0.4 is 0 Å². The molecule has 1 rings (SSSR count). The van der Waals surface area contributed by atoms with Gasteiger partial charge < -0.3 is 10.2 Å². The minimum Gasteiger partial charge on any atom is -0.390 e. The average molecular weight is 194 g/mol. The molecule has 3 unspecified atom stereocenters. The third-order valence-corrected chi connectivity index (χ3v) is 2.69. The largest absolute Gasteiger partial charge is 0.390 e. The van der Waals surface area contributed by atoms with Crippen molar-refractivity contribution in [3.05, 3.63) is 35.9 Å². The highest BCUT2D eigenvalue weighted by Crippen LogP contribution is 2.22. The molecule has 14 heavy (non-hydrogen) atoms. The molecule has 0 spiro atoms. The zero-order valence-corrected chi connectivity index (χ0v) is 8.72. The minimum absolute atomic E-state index is 0.116. The number of aliphatic hydroxyl groups excluding tert-OH is 2. The molecule has 78 valence electrons. The van der Waals surface area contributed by atoms with Crippen LogP contribution in [-0.4, -0.2) is 16.3 Å². The number of benzene rings is 1. The highest BCUT2D eigenvalue weighted by molar-refractivity contribution is 5.18. The summed E-state index contributed by atoms with van der Waals surface area (Å²) < 4.78 is 0. The summed E-state index contributed by atoms with van der Waals surface area (Å²) in [5.74, 6) is 0.116. The van der Waals surface area contributed by atoms with Crippen molar-refractivity contribution in [1.29, 1.82) is 0 Å². The van der Waals surface area contributed by atoms with Crippen LogP contribution in [0.4, 0.5) is 0 Å². The van der Waals surface area contributed by atoms with Crippen molar-refractivity contribution in [2.24, 2.45) is 5.92 Å². The molecule has 2 heteroatoms. The first-order valence-electron chi connectivity index (χ1n) is 5.08. The second-order valence-corrected chi connectivity index (χ2v) is 3.73. The van der Waals surface area contributed by atoms with E-state index in [1.165, 1.54) is 0 Å². The maximum absolute atomic E-state index is 9.84. The summed E-state index contributed by atoms with van der Waals surface area (Å²) in [6.45, 7) is 3.95. The van der Waals surface area contributed by atoms with Crippen LogP contribution >= 0.6 is 0 Å². The molecule has 2 N–H and O–H groups in total. The van der Waals surface area contributed by atoms with E-state index in [-0.39, 0.29) is 5.92 Å². The SMILES string of the molecule is CCC(C)C(O)C(O)c1ccccc1. The Morgan fingerprint density at radius 3 is 2.21 bits per heavy atom. The Kier molecular flexibility index (Phi) is 4.11. The Hall–Kier alpha value is -0.860. The zero-order chi connectivity index (χ0) is 10.6. The smallest absolute Gasteiger partial charge is 0.105 e. The van der Waals surface area contributed by atoms with Crippen LogP contribution in [0.25, 0.3) is 0 Å². The molecule has 0 amide bonds. The lowest BCUT2D eigenvalue weighted by atomic mass is 9.93. The van der Waals surface area contributed by atoms with Gasteiger partial charge in [0.15, 0.2) is 0 Å². The Bertz CT molecular complexity index is 258. The quantitative estimate of drug-likeness (QED) is 0.770. The molecule has 0 saturated heterocycles. The lowest BCUT2D eigenvalue weighted by Gasteiger charge is -2.23. The van der Waals surface area contributed by atoms with Gasteiger partial charge in [0.05, 0.1) is 6.10 Å². The number of hydrogen-bond donors (Lipinski definition) is 2. The first-order chi connectivity index (χ1) is 6.66. The first-order valence-corrected chi connectivity index (χ1v) is 5.08. The molecular weight excluding hydrogens is 176 g/mol. The van der Waals surface area contributed by atoms with E-state index < -0.39 is 12.2 Å². The Morgan fingerprint density at radius 2 is 1.71 bits per heavy atom. The van der Waals surface area contributed by atoms with Crippen molar-refractivity contribution in [3.63, 3.8) is 0 Å². The summed E-state index contributed by atoms with van der Waals surface area (Å²) in [5.41, 5.74) is 0.778. The Labute approximate surface area is 85.2 Å². The third-order valence-electron chi connectivity index (χ3n) is 2.69. The van der Waals surface area contributed by atoms with Crippen LogP contribution in [0.15, 0.2) is 30.3 Å². The molecule has 0 aliphatic rings. The molecule has 0 aliphatic heterocycles. The van der Waals surface area contributed by atoms with Crippen molar-refractivity contribution in [3.8, 4) is 0 Å². The normalized spacial score (nSPS) is 17.4. The average Bonchev–Trinajstić information content (AvgIpc) is 2.27. The second-order valence-electron chi connectivity index (χ2n) is 3.73. The monoisotopic (exact) mass is 194 g/mol. The van der Waals surface area contributed by atoms with Crippen LogP contribution in [-0.2, 0) is 0 Å². The van der Waals surface area contributed by atoms with Crippen LogP contribution in [0, 0.1) is 5.92 Å². The van der Waals surface area contributed by atoms with Gasteiger partial charge >= 0.3 is 0 Å². The summed E-state index contributed by atoms with van der Waals surface area (Å²) >= 11 is 0. The van der Waals surface area contributed by atoms with E-state index in [1.54, 1.807) is 0 Å². The zero-order valence-electron chi connectivity index (χ0n) is 8.72. The van der Waals surface area contributed by atoms with Crippen molar-refractivity contribution in [2.75, 3.05) is 0 Å². The fourth-order valence-electron chi connectivity index (χ4n) is 1.40. The summed E-state index contributed by atoms with van der Waals surface area (Å²) in [7, 11) is 0. The van der Waals surface area contributed by atoms with E-state index in [4.69, 9.17) is 0 Å². The lowest BCUT2D eigenvalue weighted by molar-refractivity contribution is -0.0149. The van der Waals surface area contributed by atoms with Crippen LogP contribution in [0.2, 0.25) is 0 Å². The predicted molar refractivity (Wildman–Crippen MR) is 56.9 cm³/mol. The second kappa shape index (κ2) is 5.13. The molecular formula is C12H18O2. The molecule has 1 aromatic rings. The maximum Gasteiger partial charge on any atom is 0.105 e. The number of hydrogen-bond acceptors (Lipinski definition) is 2. The molecule has 0 aliphatic carbocycles. The van der Waals surface area contributed by atoms with Gasteiger partial charge in [0.25, 0.3) is 0 Å². The van der Waals surface area contributed by atoms with E-state index in [0.717, 1.165) is 12.0 Å². The van der Waals surface area contributed by atoms with Crippen LogP contribution in [0.3, 0.4) is 0 Å². The molecule has 0 radical (unpaired) electrons.